The molecule has 0 spiro atoms. The maximum Gasteiger partial charge on any atom is 0.413 e. The van der Waals surface area contributed by atoms with E-state index in [0.29, 0.717) is 42.1 Å². The minimum Gasteiger partial charge on any atom is -0.496 e. The van der Waals surface area contributed by atoms with Crippen molar-refractivity contribution in [2.75, 3.05) is 20.8 Å². The standard InChI is InChI=1S/C19H23FN2O3/c1-4-22(19(23)25-3)14-6-5-7-15(17(20)11-14)16-9-8-13(12-21)10-18(16)24-2/h5-6,8-11H,4,7,12,21H2,1-3H3. The third-order valence-corrected chi connectivity index (χ3v) is 4.02. The number of methoxy groups -OCH3 is 2. The van der Waals surface area contributed by atoms with E-state index in [-0.39, 0.29) is 0 Å². The van der Waals surface area contributed by atoms with E-state index < -0.39 is 11.9 Å². The summed E-state index contributed by atoms with van der Waals surface area (Å²) in [4.78, 5) is 13.2. The van der Waals surface area contributed by atoms with Gasteiger partial charge in [0.1, 0.15) is 11.6 Å². The van der Waals surface area contributed by atoms with Crippen LogP contribution >= 0.6 is 0 Å². The zero-order valence-corrected chi connectivity index (χ0v) is 14.7. The van der Waals surface area contributed by atoms with Gasteiger partial charge in [-0.25, -0.2) is 9.18 Å². The minimum absolute atomic E-state index is 0.375. The van der Waals surface area contributed by atoms with E-state index in [4.69, 9.17) is 15.2 Å². The molecule has 0 heterocycles. The SMILES string of the molecule is CCN(C(=O)OC)C1=CC(F)=C(c2ccc(CN)cc2OC)CC=C1. The van der Waals surface area contributed by atoms with Gasteiger partial charge in [-0.05, 0) is 37.1 Å². The highest BCUT2D eigenvalue weighted by Crippen LogP contribution is 2.35. The fraction of sp³-hybridized carbons (Fsp3) is 0.316. The Kier molecular flexibility index (Phi) is 6.36. The number of carbonyl (C=O) groups excluding carboxylic acids is 1. The quantitative estimate of drug-likeness (QED) is 0.881. The van der Waals surface area contributed by atoms with Crippen LogP contribution in [0.5, 0.6) is 5.75 Å². The summed E-state index contributed by atoms with van der Waals surface area (Å²) in [5.41, 5.74) is 8.16. The molecule has 134 valence electrons. The van der Waals surface area contributed by atoms with Crippen LogP contribution in [0.2, 0.25) is 0 Å². The van der Waals surface area contributed by atoms with E-state index >= 15 is 0 Å². The molecule has 6 heteroatoms. The molecule has 0 saturated heterocycles. The Labute approximate surface area is 147 Å². The lowest BCUT2D eigenvalue weighted by atomic mass is 9.99. The van der Waals surface area contributed by atoms with Crippen LogP contribution in [0.4, 0.5) is 9.18 Å². The Bertz CT molecular complexity index is 738. The maximum absolute atomic E-state index is 14.9. The minimum atomic E-state index is -0.528. The lowest BCUT2D eigenvalue weighted by Gasteiger charge is -2.19. The van der Waals surface area contributed by atoms with Crippen LogP contribution in [-0.4, -0.2) is 31.8 Å². The number of nitrogens with two attached hydrogens (primary N) is 1. The summed E-state index contributed by atoms with van der Waals surface area (Å²) >= 11 is 0. The van der Waals surface area contributed by atoms with Crippen molar-refractivity contribution < 1.29 is 18.7 Å². The molecule has 0 atom stereocenters. The van der Waals surface area contributed by atoms with Gasteiger partial charge in [0, 0.05) is 29.9 Å². The Morgan fingerprint density at radius 2 is 2.12 bits per heavy atom. The molecule has 0 aromatic heterocycles. The Morgan fingerprint density at radius 3 is 2.72 bits per heavy atom. The lowest BCUT2D eigenvalue weighted by molar-refractivity contribution is 0.139. The van der Waals surface area contributed by atoms with Gasteiger partial charge in [-0.1, -0.05) is 18.2 Å². The summed E-state index contributed by atoms with van der Waals surface area (Å²) in [6.45, 7) is 2.56. The molecular formula is C19H23FN2O3. The zero-order valence-electron chi connectivity index (χ0n) is 14.7. The van der Waals surface area contributed by atoms with E-state index in [1.54, 1.807) is 26.2 Å². The third-order valence-electron chi connectivity index (χ3n) is 4.02. The number of ether oxygens (including phenoxy) is 2. The van der Waals surface area contributed by atoms with Gasteiger partial charge in [0.2, 0.25) is 0 Å². The number of benzene rings is 1. The molecule has 0 radical (unpaired) electrons. The molecule has 1 aliphatic carbocycles. The topological polar surface area (TPSA) is 64.8 Å². The number of likely N-dealkylation sites (N-methyl/N-ethyl adjacent to an activating group) is 1. The second-order valence-electron chi connectivity index (χ2n) is 5.46. The first-order valence-electron chi connectivity index (χ1n) is 8.05. The Morgan fingerprint density at radius 1 is 1.36 bits per heavy atom. The smallest absolute Gasteiger partial charge is 0.413 e. The van der Waals surface area contributed by atoms with Crippen molar-refractivity contribution in [3.05, 3.63) is 59.1 Å². The van der Waals surface area contributed by atoms with Gasteiger partial charge in [0.25, 0.3) is 0 Å². The summed E-state index contributed by atoms with van der Waals surface area (Å²) in [5.74, 6) is 0.153. The average Bonchev–Trinajstić information content (AvgIpc) is 2.83. The molecule has 0 aliphatic heterocycles. The molecule has 0 fully saturated rings. The molecule has 0 unspecified atom stereocenters. The molecule has 2 rings (SSSR count). The van der Waals surface area contributed by atoms with Gasteiger partial charge in [-0.2, -0.15) is 0 Å². The largest absolute Gasteiger partial charge is 0.496 e. The van der Waals surface area contributed by atoms with Gasteiger partial charge in [-0.3, -0.25) is 4.90 Å². The van der Waals surface area contributed by atoms with E-state index in [9.17, 15) is 9.18 Å². The van der Waals surface area contributed by atoms with Gasteiger partial charge < -0.3 is 15.2 Å². The number of nitrogens with zero attached hydrogens (tertiary/aromatic N) is 1. The van der Waals surface area contributed by atoms with Crippen LogP contribution < -0.4 is 10.5 Å². The molecule has 1 amide bonds. The number of hydrogen-bond donors (Lipinski definition) is 1. The van der Waals surface area contributed by atoms with Crippen molar-refractivity contribution >= 4 is 11.7 Å². The molecule has 1 aliphatic rings. The highest BCUT2D eigenvalue weighted by atomic mass is 19.1. The van der Waals surface area contributed by atoms with Gasteiger partial charge in [-0.15, -0.1) is 0 Å². The van der Waals surface area contributed by atoms with Crippen LogP contribution in [-0.2, 0) is 11.3 Å². The summed E-state index contributed by atoms with van der Waals surface area (Å²) in [7, 11) is 2.84. The first-order valence-corrected chi connectivity index (χ1v) is 8.05. The van der Waals surface area contributed by atoms with E-state index in [1.165, 1.54) is 18.1 Å². The summed E-state index contributed by atoms with van der Waals surface area (Å²) in [5, 5.41) is 0. The van der Waals surface area contributed by atoms with Crippen LogP contribution in [0.25, 0.3) is 5.57 Å². The molecule has 1 aromatic rings. The average molecular weight is 346 g/mol. The highest BCUT2D eigenvalue weighted by molar-refractivity contribution is 5.77. The summed E-state index contributed by atoms with van der Waals surface area (Å²) in [6, 6.07) is 5.46. The number of allylic oxidation sites excluding steroid dienone is 5. The Hall–Kier alpha value is -2.60. The van der Waals surface area contributed by atoms with Crippen LogP contribution in [0.1, 0.15) is 24.5 Å². The molecular weight excluding hydrogens is 323 g/mol. The zero-order chi connectivity index (χ0) is 18.4. The number of halogens is 1. The van der Waals surface area contributed by atoms with Crippen LogP contribution in [0.15, 0.2) is 48.0 Å². The lowest BCUT2D eigenvalue weighted by Crippen LogP contribution is -2.29. The maximum atomic E-state index is 14.9. The van der Waals surface area contributed by atoms with Gasteiger partial charge in [0.15, 0.2) is 0 Å². The predicted molar refractivity (Wildman–Crippen MR) is 95.5 cm³/mol. The van der Waals surface area contributed by atoms with Crippen molar-refractivity contribution in [1.29, 1.82) is 0 Å². The second kappa shape index (κ2) is 8.48. The first-order chi connectivity index (χ1) is 12.0. The van der Waals surface area contributed by atoms with Crippen molar-refractivity contribution in [2.24, 2.45) is 5.73 Å². The summed E-state index contributed by atoms with van der Waals surface area (Å²) < 4.78 is 25.1. The molecule has 25 heavy (non-hydrogen) atoms. The van der Waals surface area contributed by atoms with Crippen molar-refractivity contribution in [3.63, 3.8) is 0 Å². The van der Waals surface area contributed by atoms with Crippen molar-refractivity contribution in [3.8, 4) is 5.75 Å². The van der Waals surface area contributed by atoms with E-state index in [1.807, 2.05) is 18.2 Å². The monoisotopic (exact) mass is 346 g/mol. The first kappa shape index (κ1) is 18.7. The van der Waals surface area contributed by atoms with Gasteiger partial charge in [0.05, 0.1) is 14.2 Å². The fourth-order valence-corrected chi connectivity index (χ4v) is 2.71. The van der Waals surface area contributed by atoms with E-state index in [2.05, 4.69) is 0 Å². The molecule has 0 bridgehead atoms. The molecule has 0 saturated carbocycles. The Balaban J connectivity index is 2.48. The third kappa shape index (κ3) is 4.09. The highest BCUT2D eigenvalue weighted by Gasteiger charge is 2.20. The summed E-state index contributed by atoms with van der Waals surface area (Å²) in [6.07, 6.45) is 4.72. The van der Waals surface area contributed by atoms with Crippen molar-refractivity contribution in [2.45, 2.75) is 19.9 Å². The number of carbonyl (C=O) groups is 1. The van der Waals surface area contributed by atoms with Gasteiger partial charge >= 0.3 is 6.09 Å². The number of hydrogen-bond acceptors (Lipinski definition) is 4. The van der Waals surface area contributed by atoms with Crippen LogP contribution in [0.3, 0.4) is 0 Å². The number of amides is 1. The molecule has 2 N–H and O–H groups in total. The fourth-order valence-electron chi connectivity index (χ4n) is 2.71. The molecule has 5 nitrogen and oxygen atoms in total. The number of rotatable bonds is 5. The van der Waals surface area contributed by atoms with E-state index in [0.717, 1.165) is 5.56 Å². The molecule has 1 aromatic carbocycles. The van der Waals surface area contributed by atoms with Crippen molar-refractivity contribution in [1.82, 2.24) is 4.90 Å². The normalized spacial score (nSPS) is 14.0. The van der Waals surface area contributed by atoms with Crippen LogP contribution in [0, 0.1) is 0 Å². The predicted octanol–water partition coefficient (Wildman–Crippen LogP) is 3.77. The second-order valence-corrected chi connectivity index (χ2v) is 5.46.